The summed E-state index contributed by atoms with van der Waals surface area (Å²) >= 11 is 0. The summed E-state index contributed by atoms with van der Waals surface area (Å²) in [5, 5.41) is 5.12. The number of piperidine rings is 1. The van der Waals surface area contributed by atoms with E-state index in [2.05, 4.69) is 15.5 Å². The van der Waals surface area contributed by atoms with Crippen molar-refractivity contribution < 1.29 is 9.59 Å². The number of urea groups is 1. The molecule has 0 aromatic heterocycles. The van der Waals surface area contributed by atoms with Gasteiger partial charge >= 0.3 is 6.03 Å². The van der Waals surface area contributed by atoms with Crippen LogP contribution in [0.15, 0.2) is 0 Å². The number of nitrogens with zero attached hydrogens (tertiary/aromatic N) is 1. The first-order valence-corrected chi connectivity index (χ1v) is 6.66. The number of rotatable bonds is 2. The van der Waals surface area contributed by atoms with Crippen LogP contribution < -0.4 is 10.6 Å². The number of hydrogen-bond donors (Lipinski definition) is 2. The quantitative estimate of drug-likeness (QED) is 0.786. The smallest absolute Gasteiger partial charge is 0.321 e. The first-order valence-electron chi connectivity index (χ1n) is 6.66. The summed E-state index contributed by atoms with van der Waals surface area (Å²) < 4.78 is 0. The van der Waals surface area contributed by atoms with Gasteiger partial charge in [-0.05, 0) is 53.6 Å². The van der Waals surface area contributed by atoms with E-state index < -0.39 is 6.03 Å². The largest absolute Gasteiger partial charge is 0.333 e. The van der Waals surface area contributed by atoms with Crippen molar-refractivity contribution in [3.05, 3.63) is 0 Å². The second-order valence-corrected chi connectivity index (χ2v) is 5.97. The van der Waals surface area contributed by atoms with Crippen molar-refractivity contribution in [2.45, 2.75) is 58.5 Å². The molecular weight excluding hydrogens is 230 g/mol. The first kappa shape index (κ1) is 15.0. The van der Waals surface area contributed by atoms with Crippen LogP contribution in [0.5, 0.6) is 0 Å². The molecule has 0 aromatic carbocycles. The summed E-state index contributed by atoms with van der Waals surface area (Å²) in [5.74, 6) is -0.223. The van der Waals surface area contributed by atoms with Crippen molar-refractivity contribution in [1.82, 2.24) is 15.5 Å². The zero-order valence-corrected chi connectivity index (χ0v) is 11.9. The van der Waals surface area contributed by atoms with Crippen LogP contribution in [0.3, 0.4) is 0 Å². The molecular formula is C13H25N3O2. The maximum absolute atomic E-state index is 11.9. The van der Waals surface area contributed by atoms with E-state index in [-0.39, 0.29) is 17.5 Å². The van der Waals surface area contributed by atoms with E-state index in [1.807, 2.05) is 27.7 Å². The molecule has 5 nitrogen and oxygen atoms in total. The molecule has 2 N–H and O–H groups in total. The predicted octanol–water partition coefficient (Wildman–Crippen LogP) is 1.49. The van der Waals surface area contributed by atoms with Gasteiger partial charge in [0.15, 0.2) is 0 Å². The molecule has 0 saturated carbocycles. The summed E-state index contributed by atoms with van der Waals surface area (Å²) in [6.45, 7) is 9.37. The van der Waals surface area contributed by atoms with Gasteiger partial charge in [0.1, 0.15) is 0 Å². The maximum atomic E-state index is 11.9. The fourth-order valence-corrected chi connectivity index (χ4v) is 2.06. The third-order valence-electron chi connectivity index (χ3n) is 3.04. The van der Waals surface area contributed by atoms with Gasteiger partial charge < -0.3 is 5.32 Å². The van der Waals surface area contributed by atoms with Crippen molar-refractivity contribution in [1.29, 1.82) is 0 Å². The number of carbonyl (C=O) groups is 2. The predicted molar refractivity (Wildman–Crippen MR) is 71.3 cm³/mol. The molecule has 1 fully saturated rings. The molecule has 104 valence electrons. The molecule has 1 aliphatic heterocycles. The van der Waals surface area contributed by atoms with Crippen molar-refractivity contribution in [3.63, 3.8) is 0 Å². The highest BCUT2D eigenvalue weighted by Gasteiger charge is 2.25. The van der Waals surface area contributed by atoms with Crippen LogP contribution >= 0.6 is 0 Å². The lowest BCUT2D eigenvalue weighted by Crippen LogP contribution is -2.53. The highest BCUT2D eigenvalue weighted by Crippen LogP contribution is 2.11. The monoisotopic (exact) mass is 255 g/mol. The van der Waals surface area contributed by atoms with Crippen LogP contribution in [-0.2, 0) is 4.79 Å². The van der Waals surface area contributed by atoms with Gasteiger partial charge in [0.2, 0.25) is 5.91 Å². The van der Waals surface area contributed by atoms with E-state index >= 15 is 0 Å². The van der Waals surface area contributed by atoms with E-state index in [0.717, 1.165) is 25.9 Å². The minimum absolute atomic E-state index is 0.223. The lowest BCUT2D eigenvalue weighted by Gasteiger charge is -2.31. The number of nitrogens with one attached hydrogen (secondary N) is 2. The van der Waals surface area contributed by atoms with Crippen molar-refractivity contribution in [2.24, 2.45) is 0 Å². The number of carbonyl (C=O) groups excluding carboxylic acids is 2. The Balaban J connectivity index is 2.41. The van der Waals surface area contributed by atoms with Crippen LogP contribution in [0.4, 0.5) is 4.79 Å². The zero-order chi connectivity index (χ0) is 13.8. The lowest BCUT2D eigenvalue weighted by atomic mass is 10.1. The third-order valence-corrected chi connectivity index (χ3v) is 3.04. The second-order valence-electron chi connectivity index (χ2n) is 5.97. The molecule has 1 atom stereocenters. The minimum Gasteiger partial charge on any atom is -0.333 e. The van der Waals surface area contributed by atoms with Crippen LogP contribution in [-0.4, -0.2) is 41.5 Å². The lowest BCUT2D eigenvalue weighted by molar-refractivity contribution is -0.125. The van der Waals surface area contributed by atoms with E-state index in [9.17, 15) is 9.59 Å². The van der Waals surface area contributed by atoms with Gasteiger partial charge in [-0.25, -0.2) is 4.79 Å². The highest BCUT2D eigenvalue weighted by atomic mass is 16.2. The van der Waals surface area contributed by atoms with Gasteiger partial charge in [0, 0.05) is 5.54 Å². The van der Waals surface area contributed by atoms with Crippen LogP contribution in [0.25, 0.3) is 0 Å². The van der Waals surface area contributed by atoms with Gasteiger partial charge in [-0.1, -0.05) is 6.42 Å². The molecule has 0 aliphatic carbocycles. The van der Waals surface area contributed by atoms with E-state index in [4.69, 9.17) is 0 Å². The van der Waals surface area contributed by atoms with Crippen LogP contribution in [0.1, 0.15) is 47.0 Å². The Labute approximate surface area is 109 Å². The van der Waals surface area contributed by atoms with Gasteiger partial charge in [0.05, 0.1) is 6.04 Å². The molecule has 18 heavy (non-hydrogen) atoms. The Kier molecular flexibility index (Phi) is 5.14. The maximum Gasteiger partial charge on any atom is 0.321 e. The van der Waals surface area contributed by atoms with Crippen LogP contribution in [0.2, 0.25) is 0 Å². The zero-order valence-electron chi connectivity index (χ0n) is 11.9. The Morgan fingerprint density at radius 1 is 1.11 bits per heavy atom. The molecule has 0 unspecified atom stereocenters. The molecule has 1 saturated heterocycles. The molecule has 1 rings (SSSR count). The van der Waals surface area contributed by atoms with E-state index in [1.54, 1.807) is 0 Å². The van der Waals surface area contributed by atoms with Crippen molar-refractivity contribution >= 4 is 11.9 Å². The molecule has 0 spiro atoms. The highest BCUT2D eigenvalue weighted by molar-refractivity contribution is 5.97. The minimum atomic E-state index is -0.420. The van der Waals surface area contributed by atoms with Crippen molar-refractivity contribution in [2.75, 3.05) is 13.1 Å². The summed E-state index contributed by atoms with van der Waals surface area (Å²) in [5.41, 5.74) is -0.335. The summed E-state index contributed by atoms with van der Waals surface area (Å²) in [6.07, 6.45) is 3.49. The van der Waals surface area contributed by atoms with Crippen molar-refractivity contribution in [3.8, 4) is 0 Å². The molecule has 3 amide bonds. The molecule has 0 radical (unpaired) electrons. The topological polar surface area (TPSA) is 61.4 Å². The normalized spacial score (nSPS) is 19.1. The van der Waals surface area contributed by atoms with Gasteiger partial charge in [-0.3, -0.25) is 15.0 Å². The summed E-state index contributed by atoms with van der Waals surface area (Å²) in [7, 11) is 0. The first-order chi connectivity index (χ1) is 8.29. The number of likely N-dealkylation sites (tertiary alicyclic amines) is 1. The number of hydrogen-bond acceptors (Lipinski definition) is 3. The Hall–Kier alpha value is -1.10. The van der Waals surface area contributed by atoms with Crippen LogP contribution in [0, 0.1) is 0 Å². The molecule has 5 heteroatoms. The van der Waals surface area contributed by atoms with Gasteiger partial charge in [0.25, 0.3) is 0 Å². The molecule has 0 bridgehead atoms. The second kappa shape index (κ2) is 6.18. The van der Waals surface area contributed by atoms with Gasteiger partial charge in [-0.15, -0.1) is 0 Å². The van der Waals surface area contributed by atoms with Gasteiger partial charge in [-0.2, -0.15) is 0 Å². The number of amides is 3. The SMILES string of the molecule is C[C@@H](C(=O)NC(=O)NC(C)(C)C)N1CCCCC1. The van der Waals surface area contributed by atoms with E-state index in [0.29, 0.717) is 0 Å². The fraction of sp³-hybridized carbons (Fsp3) is 0.846. The average molecular weight is 255 g/mol. The number of imide groups is 1. The summed E-state index contributed by atoms with van der Waals surface area (Å²) in [4.78, 5) is 25.6. The Morgan fingerprint density at radius 2 is 1.67 bits per heavy atom. The average Bonchev–Trinajstić information content (AvgIpc) is 2.26. The Bertz CT molecular complexity index is 304. The fourth-order valence-electron chi connectivity index (χ4n) is 2.06. The molecule has 1 aliphatic rings. The van der Waals surface area contributed by atoms with E-state index in [1.165, 1.54) is 6.42 Å². The standard InChI is InChI=1S/C13H25N3O2/c1-10(16-8-6-5-7-9-16)11(17)14-12(18)15-13(2,3)4/h10H,5-9H2,1-4H3,(H2,14,15,17,18)/t10-/m0/s1. The molecule has 0 aromatic rings. The molecule has 1 heterocycles. The summed E-state index contributed by atoms with van der Waals surface area (Å²) in [6, 6.07) is -0.660. The Morgan fingerprint density at radius 3 is 2.17 bits per heavy atom. The third kappa shape index (κ3) is 5.04.